The van der Waals surface area contributed by atoms with Gasteiger partial charge < -0.3 is 5.32 Å². The lowest BCUT2D eigenvalue weighted by atomic mass is 9.89. The SMILES string of the molecule is Cc1ccc2c(CNCC(C)C)cc(C(C)(C)C)nc2c1C. The van der Waals surface area contributed by atoms with Crippen molar-refractivity contribution in [1.29, 1.82) is 0 Å². The van der Waals surface area contributed by atoms with Crippen molar-refractivity contribution >= 4 is 10.9 Å². The maximum Gasteiger partial charge on any atom is 0.0740 e. The summed E-state index contributed by atoms with van der Waals surface area (Å²) in [5.74, 6) is 0.666. The van der Waals surface area contributed by atoms with Gasteiger partial charge in [0.1, 0.15) is 0 Å². The van der Waals surface area contributed by atoms with Crippen LogP contribution in [0.1, 0.15) is 57.0 Å². The Morgan fingerprint density at radius 3 is 2.41 bits per heavy atom. The lowest BCUT2D eigenvalue weighted by Crippen LogP contribution is -2.20. The molecule has 0 atom stereocenters. The minimum absolute atomic E-state index is 0.0666. The van der Waals surface area contributed by atoms with Crippen LogP contribution in [0.25, 0.3) is 10.9 Å². The zero-order chi connectivity index (χ0) is 16.5. The van der Waals surface area contributed by atoms with Crippen LogP contribution in [0.2, 0.25) is 0 Å². The maximum atomic E-state index is 4.98. The van der Waals surface area contributed by atoms with Gasteiger partial charge in [0.2, 0.25) is 0 Å². The van der Waals surface area contributed by atoms with E-state index in [1.54, 1.807) is 0 Å². The first-order valence-corrected chi connectivity index (χ1v) is 8.31. The molecule has 0 amide bonds. The van der Waals surface area contributed by atoms with Gasteiger partial charge in [0.25, 0.3) is 0 Å². The normalized spacial score (nSPS) is 12.4. The second kappa shape index (κ2) is 6.37. The van der Waals surface area contributed by atoms with Gasteiger partial charge in [-0.2, -0.15) is 0 Å². The number of pyridine rings is 1. The molecule has 0 bridgehead atoms. The first-order valence-electron chi connectivity index (χ1n) is 8.31. The third-order valence-electron chi connectivity index (χ3n) is 4.23. The molecule has 0 fully saturated rings. The van der Waals surface area contributed by atoms with E-state index in [0.717, 1.165) is 18.6 Å². The number of fused-ring (bicyclic) bond motifs is 1. The van der Waals surface area contributed by atoms with Crippen LogP contribution in [0, 0.1) is 19.8 Å². The molecule has 1 N–H and O–H groups in total. The van der Waals surface area contributed by atoms with Gasteiger partial charge in [-0.25, -0.2) is 0 Å². The molecule has 1 heterocycles. The zero-order valence-electron chi connectivity index (χ0n) is 15.2. The van der Waals surface area contributed by atoms with Gasteiger partial charge in [0.05, 0.1) is 5.52 Å². The average molecular weight is 298 g/mol. The third-order valence-corrected chi connectivity index (χ3v) is 4.23. The molecule has 2 aromatic rings. The average Bonchev–Trinajstić information content (AvgIpc) is 2.41. The van der Waals surface area contributed by atoms with E-state index in [2.05, 4.69) is 72.0 Å². The fourth-order valence-corrected chi connectivity index (χ4v) is 2.63. The van der Waals surface area contributed by atoms with Gasteiger partial charge in [0, 0.05) is 23.0 Å². The summed E-state index contributed by atoms with van der Waals surface area (Å²) in [6.07, 6.45) is 0. The minimum Gasteiger partial charge on any atom is -0.312 e. The van der Waals surface area contributed by atoms with Gasteiger partial charge in [-0.1, -0.05) is 46.8 Å². The Kier molecular flexibility index (Phi) is 4.91. The van der Waals surface area contributed by atoms with Crippen LogP contribution < -0.4 is 5.32 Å². The maximum absolute atomic E-state index is 4.98. The van der Waals surface area contributed by atoms with E-state index >= 15 is 0 Å². The lowest BCUT2D eigenvalue weighted by Gasteiger charge is -2.21. The zero-order valence-corrected chi connectivity index (χ0v) is 15.2. The summed E-state index contributed by atoms with van der Waals surface area (Å²) in [6, 6.07) is 6.72. The van der Waals surface area contributed by atoms with Crippen molar-refractivity contribution in [2.24, 2.45) is 5.92 Å². The Bertz CT molecular complexity index is 663. The number of aromatic nitrogens is 1. The Hall–Kier alpha value is -1.41. The van der Waals surface area contributed by atoms with Crippen molar-refractivity contribution in [2.45, 2.75) is 60.4 Å². The van der Waals surface area contributed by atoms with Gasteiger partial charge in [-0.05, 0) is 49.1 Å². The molecule has 0 aliphatic carbocycles. The smallest absolute Gasteiger partial charge is 0.0740 e. The van der Waals surface area contributed by atoms with E-state index < -0.39 is 0 Å². The molecule has 1 aromatic heterocycles. The standard InChI is InChI=1S/C20H30N2/c1-13(2)11-21-12-16-10-18(20(5,6)7)22-19-15(4)14(3)8-9-17(16)19/h8-10,13,21H,11-12H2,1-7H3. The number of nitrogens with zero attached hydrogens (tertiary/aromatic N) is 1. The molecule has 22 heavy (non-hydrogen) atoms. The first kappa shape index (κ1) is 17.0. The summed E-state index contributed by atoms with van der Waals surface area (Å²) in [5.41, 5.74) is 6.38. The molecule has 0 radical (unpaired) electrons. The predicted octanol–water partition coefficient (Wildman–Crippen LogP) is 4.89. The number of benzene rings is 1. The predicted molar refractivity (Wildman–Crippen MR) is 96.5 cm³/mol. The molecule has 0 spiro atoms. The van der Waals surface area contributed by atoms with Crippen LogP contribution in [-0.2, 0) is 12.0 Å². The molecule has 0 unspecified atom stereocenters. The Morgan fingerprint density at radius 1 is 1.14 bits per heavy atom. The minimum atomic E-state index is 0.0666. The van der Waals surface area contributed by atoms with Crippen LogP contribution in [-0.4, -0.2) is 11.5 Å². The van der Waals surface area contributed by atoms with Gasteiger partial charge in [-0.15, -0.1) is 0 Å². The molecule has 0 saturated heterocycles. The highest BCUT2D eigenvalue weighted by atomic mass is 14.9. The van der Waals surface area contributed by atoms with Gasteiger partial charge in [-0.3, -0.25) is 4.98 Å². The molecule has 2 rings (SSSR count). The number of rotatable bonds is 4. The molecular weight excluding hydrogens is 268 g/mol. The van der Waals surface area contributed by atoms with Crippen molar-refractivity contribution in [3.8, 4) is 0 Å². The van der Waals surface area contributed by atoms with E-state index in [4.69, 9.17) is 4.98 Å². The number of hydrogen-bond acceptors (Lipinski definition) is 2. The monoisotopic (exact) mass is 298 g/mol. The van der Waals surface area contributed by atoms with E-state index in [9.17, 15) is 0 Å². The third kappa shape index (κ3) is 3.67. The summed E-state index contributed by atoms with van der Waals surface area (Å²) in [4.78, 5) is 4.98. The molecule has 2 nitrogen and oxygen atoms in total. The quantitative estimate of drug-likeness (QED) is 0.869. The highest BCUT2D eigenvalue weighted by Gasteiger charge is 2.18. The second-order valence-corrected chi connectivity index (χ2v) is 7.84. The molecule has 1 aromatic carbocycles. The molecule has 0 saturated carbocycles. The van der Waals surface area contributed by atoms with Crippen molar-refractivity contribution in [2.75, 3.05) is 6.54 Å². The van der Waals surface area contributed by atoms with Gasteiger partial charge in [0.15, 0.2) is 0 Å². The highest BCUT2D eigenvalue weighted by Crippen LogP contribution is 2.29. The number of aryl methyl sites for hydroxylation is 2. The highest BCUT2D eigenvalue weighted by molar-refractivity contribution is 5.86. The molecule has 2 heteroatoms. The summed E-state index contributed by atoms with van der Waals surface area (Å²) >= 11 is 0. The first-order chi connectivity index (χ1) is 10.2. The fraction of sp³-hybridized carbons (Fsp3) is 0.550. The van der Waals surface area contributed by atoms with Crippen molar-refractivity contribution in [3.05, 3.63) is 40.6 Å². The number of hydrogen-bond donors (Lipinski definition) is 1. The second-order valence-electron chi connectivity index (χ2n) is 7.84. The Morgan fingerprint density at radius 2 is 1.82 bits per heavy atom. The van der Waals surface area contributed by atoms with Crippen LogP contribution in [0.4, 0.5) is 0 Å². The summed E-state index contributed by atoms with van der Waals surface area (Å²) in [7, 11) is 0. The van der Waals surface area contributed by atoms with Gasteiger partial charge >= 0.3 is 0 Å². The van der Waals surface area contributed by atoms with Crippen LogP contribution >= 0.6 is 0 Å². The number of nitrogens with one attached hydrogen (secondary N) is 1. The molecule has 120 valence electrons. The van der Waals surface area contributed by atoms with Crippen molar-refractivity contribution < 1.29 is 0 Å². The van der Waals surface area contributed by atoms with E-state index in [1.807, 2.05) is 0 Å². The summed E-state index contributed by atoms with van der Waals surface area (Å²) in [5, 5.41) is 4.86. The Labute approximate surface area is 135 Å². The molecular formula is C20H30N2. The van der Waals surface area contributed by atoms with Crippen LogP contribution in [0.3, 0.4) is 0 Å². The largest absolute Gasteiger partial charge is 0.312 e. The fourth-order valence-electron chi connectivity index (χ4n) is 2.63. The van der Waals surface area contributed by atoms with Crippen LogP contribution in [0.15, 0.2) is 18.2 Å². The van der Waals surface area contributed by atoms with E-state index in [-0.39, 0.29) is 5.41 Å². The van der Waals surface area contributed by atoms with Crippen LogP contribution in [0.5, 0.6) is 0 Å². The topological polar surface area (TPSA) is 24.9 Å². The van der Waals surface area contributed by atoms with E-state index in [1.165, 1.54) is 27.8 Å². The summed E-state index contributed by atoms with van der Waals surface area (Å²) < 4.78 is 0. The Balaban J connectivity index is 2.54. The van der Waals surface area contributed by atoms with E-state index in [0.29, 0.717) is 5.92 Å². The van der Waals surface area contributed by atoms with Crippen molar-refractivity contribution in [3.63, 3.8) is 0 Å². The lowest BCUT2D eigenvalue weighted by molar-refractivity contribution is 0.548. The molecule has 0 aliphatic rings. The van der Waals surface area contributed by atoms with Crippen molar-refractivity contribution in [1.82, 2.24) is 10.3 Å². The summed E-state index contributed by atoms with van der Waals surface area (Å²) in [6.45, 7) is 17.5. The molecule has 0 aliphatic heterocycles.